The number of esters is 1. The number of carbonyl (C=O) groups excluding carboxylic acids is 1. The summed E-state index contributed by atoms with van der Waals surface area (Å²) in [7, 11) is -1.58. The van der Waals surface area contributed by atoms with E-state index in [2.05, 4.69) is 5.10 Å². The van der Waals surface area contributed by atoms with Gasteiger partial charge in [-0.25, -0.2) is 4.79 Å². The third-order valence-corrected chi connectivity index (χ3v) is 2.36. The molecule has 0 amide bonds. The summed E-state index contributed by atoms with van der Waals surface area (Å²) in [6, 6.07) is -0.553. The number of hydrogen-bond donors (Lipinski definition) is 2. The van der Waals surface area contributed by atoms with Crippen LogP contribution in [0.4, 0.5) is 0 Å². The predicted molar refractivity (Wildman–Crippen MR) is 62.6 cm³/mol. The van der Waals surface area contributed by atoms with Crippen molar-refractivity contribution in [1.29, 1.82) is 0 Å². The maximum atomic E-state index is 11.8. The summed E-state index contributed by atoms with van der Waals surface area (Å²) in [6.07, 6.45) is 2.76. The molecule has 2 N–H and O–H groups in total. The van der Waals surface area contributed by atoms with Gasteiger partial charge in [-0.15, -0.1) is 0 Å². The van der Waals surface area contributed by atoms with Crippen LogP contribution >= 0.6 is 0 Å². The Morgan fingerprint density at radius 2 is 2.24 bits per heavy atom. The molecular weight excluding hydrogens is 223 g/mol. The minimum Gasteiger partial charge on any atom is -0.464 e. The van der Waals surface area contributed by atoms with E-state index < -0.39 is 13.2 Å². The zero-order chi connectivity index (χ0) is 13.0. The molecule has 0 bridgehead atoms. The Bertz CT molecular complexity index is 378. The van der Waals surface area contributed by atoms with Crippen molar-refractivity contribution in [1.82, 2.24) is 9.78 Å². The molecular formula is C10H17BN2O4. The summed E-state index contributed by atoms with van der Waals surface area (Å²) in [6.45, 7) is 5.79. The second kappa shape index (κ2) is 5.83. The molecule has 0 aliphatic rings. The van der Waals surface area contributed by atoms with Gasteiger partial charge in [0.25, 0.3) is 0 Å². The van der Waals surface area contributed by atoms with Gasteiger partial charge in [0, 0.05) is 17.9 Å². The first-order valence-corrected chi connectivity index (χ1v) is 5.54. The standard InChI is InChI=1S/C10H17BN2O4/c1-4-17-10(14)9(7(2)3)13-6-8(5-12-13)11(15)16/h5-7,9,15-16H,4H2,1-3H3. The molecule has 1 atom stereocenters. The minimum atomic E-state index is -1.58. The van der Waals surface area contributed by atoms with E-state index in [1.165, 1.54) is 17.1 Å². The van der Waals surface area contributed by atoms with Crippen molar-refractivity contribution in [2.24, 2.45) is 5.92 Å². The van der Waals surface area contributed by atoms with Gasteiger partial charge in [0.05, 0.1) is 6.61 Å². The Morgan fingerprint density at radius 3 is 2.65 bits per heavy atom. The highest BCUT2D eigenvalue weighted by molar-refractivity contribution is 6.58. The molecule has 17 heavy (non-hydrogen) atoms. The Morgan fingerprint density at radius 1 is 1.59 bits per heavy atom. The molecule has 0 aliphatic heterocycles. The summed E-state index contributed by atoms with van der Waals surface area (Å²) in [4.78, 5) is 11.8. The molecule has 0 spiro atoms. The molecule has 1 heterocycles. The molecule has 1 unspecified atom stereocenters. The maximum absolute atomic E-state index is 11.8. The van der Waals surface area contributed by atoms with E-state index in [-0.39, 0.29) is 17.4 Å². The smallest absolute Gasteiger partial charge is 0.464 e. The quantitative estimate of drug-likeness (QED) is 0.526. The van der Waals surface area contributed by atoms with Crippen molar-refractivity contribution in [3.63, 3.8) is 0 Å². The van der Waals surface area contributed by atoms with Crippen LogP contribution in [0.3, 0.4) is 0 Å². The van der Waals surface area contributed by atoms with Crippen LogP contribution in [0.25, 0.3) is 0 Å². The van der Waals surface area contributed by atoms with Gasteiger partial charge in [-0.3, -0.25) is 4.68 Å². The van der Waals surface area contributed by atoms with Crippen molar-refractivity contribution in [3.8, 4) is 0 Å². The largest absolute Gasteiger partial charge is 0.491 e. The van der Waals surface area contributed by atoms with E-state index in [1.807, 2.05) is 13.8 Å². The zero-order valence-corrected chi connectivity index (χ0v) is 10.2. The topological polar surface area (TPSA) is 84.6 Å². The molecule has 0 radical (unpaired) electrons. The summed E-state index contributed by atoms with van der Waals surface area (Å²) >= 11 is 0. The second-order valence-electron chi connectivity index (χ2n) is 4.07. The van der Waals surface area contributed by atoms with Gasteiger partial charge >= 0.3 is 13.1 Å². The Kier molecular flexibility index (Phi) is 4.71. The third kappa shape index (κ3) is 3.31. The zero-order valence-electron chi connectivity index (χ0n) is 10.2. The Labute approximate surface area is 100 Å². The monoisotopic (exact) mass is 240 g/mol. The van der Waals surface area contributed by atoms with Crippen LogP contribution in [0, 0.1) is 5.92 Å². The molecule has 0 saturated heterocycles. The molecule has 6 nitrogen and oxygen atoms in total. The van der Waals surface area contributed by atoms with E-state index in [0.717, 1.165) is 0 Å². The highest BCUT2D eigenvalue weighted by Gasteiger charge is 2.27. The molecule has 1 aromatic rings. The lowest BCUT2D eigenvalue weighted by Crippen LogP contribution is -2.30. The molecule has 1 aromatic heterocycles. The predicted octanol–water partition coefficient (Wildman–Crippen LogP) is -0.677. The lowest BCUT2D eigenvalue weighted by atomic mass is 9.83. The van der Waals surface area contributed by atoms with Crippen LogP contribution in [0.5, 0.6) is 0 Å². The van der Waals surface area contributed by atoms with Crippen molar-refractivity contribution < 1.29 is 19.6 Å². The molecule has 0 aromatic carbocycles. The third-order valence-electron chi connectivity index (χ3n) is 2.36. The van der Waals surface area contributed by atoms with Gasteiger partial charge in [0.2, 0.25) is 0 Å². The Balaban J connectivity index is 2.93. The first-order chi connectivity index (χ1) is 7.97. The second-order valence-corrected chi connectivity index (χ2v) is 4.07. The highest BCUT2D eigenvalue weighted by atomic mass is 16.5. The van der Waals surface area contributed by atoms with E-state index in [0.29, 0.717) is 6.61 Å². The minimum absolute atomic E-state index is 0.00219. The average Bonchev–Trinajstić information content (AvgIpc) is 2.66. The van der Waals surface area contributed by atoms with Crippen LogP contribution in [0.1, 0.15) is 26.8 Å². The van der Waals surface area contributed by atoms with Crippen LogP contribution in [-0.2, 0) is 9.53 Å². The van der Waals surface area contributed by atoms with Gasteiger partial charge < -0.3 is 14.8 Å². The van der Waals surface area contributed by atoms with Crippen molar-refractivity contribution in [2.45, 2.75) is 26.8 Å². The highest BCUT2D eigenvalue weighted by Crippen LogP contribution is 2.17. The van der Waals surface area contributed by atoms with E-state index in [1.54, 1.807) is 6.92 Å². The van der Waals surface area contributed by atoms with Crippen LogP contribution < -0.4 is 5.46 Å². The molecule has 0 aliphatic carbocycles. The number of aromatic nitrogens is 2. The molecule has 94 valence electrons. The van der Waals surface area contributed by atoms with Crippen molar-refractivity contribution >= 4 is 18.6 Å². The number of rotatable bonds is 5. The number of nitrogens with zero attached hydrogens (tertiary/aromatic N) is 2. The van der Waals surface area contributed by atoms with Crippen molar-refractivity contribution in [2.75, 3.05) is 6.61 Å². The number of ether oxygens (including phenoxy) is 1. The van der Waals surface area contributed by atoms with Gasteiger partial charge in [0.15, 0.2) is 6.04 Å². The van der Waals surface area contributed by atoms with E-state index in [4.69, 9.17) is 14.8 Å². The van der Waals surface area contributed by atoms with Gasteiger partial charge in [-0.1, -0.05) is 13.8 Å². The van der Waals surface area contributed by atoms with Gasteiger partial charge in [0.1, 0.15) is 0 Å². The van der Waals surface area contributed by atoms with Crippen LogP contribution in [-0.4, -0.2) is 39.5 Å². The summed E-state index contributed by atoms with van der Waals surface area (Å²) in [5.41, 5.74) is 0.250. The van der Waals surface area contributed by atoms with Gasteiger partial charge in [-0.2, -0.15) is 5.10 Å². The first-order valence-electron chi connectivity index (χ1n) is 5.54. The fourth-order valence-corrected chi connectivity index (χ4v) is 1.55. The average molecular weight is 240 g/mol. The summed E-state index contributed by atoms with van der Waals surface area (Å²) in [5.74, 6) is -0.373. The molecule has 7 heteroatoms. The fourth-order valence-electron chi connectivity index (χ4n) is 1.55. The number of hydrogen-bond acceptors (Lipinski definition) is 5. The number of carbonyl (C=O) groups is 1. The Hall–Kier alpha value is -1.34. The summed E-state index contributed by atoms with van der Waals surface area (Å²) in [5, 5.41) is 21.9. The maximum Gasteiger partial charge on any atom is 0.491 e. The van der Waals surface area contributed by atoms with Crippen LogP contribution in [0.2, 0.25) is 0 Å². The van der Waals surface area contributed by atoms with E-state index in [9.17, 15) is 4.79 Å². The normalized spacial score (nSPS) is 12.6. The fraction of sp³-hybridized carbons (Fsp3) is 0.600. The SMILES string of the molecule is CCOC(=O)C(C(C)C)n1cc(B(O)O)cn1. The molecule has 1 rings (SSSR count). The lowest BCUT2D eigenvalue weighted by molar-refractivity contribution is -0.149. The van der Waals surface area contributed by atoms with E-state index >= 15 is 0 Å². The van der Waals surface area contributed by atoms with Crippen LogP contribution in [0.15, 0.2) is 12.4 Å². The van der Waals surface area contributed by atoms with Gasteiger partial charge in [-0.05, 0) is 12.8 Å². The van der Waals surface area contributed by atoms with Crippen molar-refractivity contribution in [3.05, 3.63) is 12.4 Å². The first kappa shape index (κ1) is 13.7. The lowest BCUT2D eigenvalue weighted by Gasteiger charge is -2.19. The summed E-state index contributed by atoms with van der Waals surface area (Å²) < 4.78 is 6.36. The molecule has 0 fully saturated rings. The molecule has 0 saturated carbocycles.